The van der Waals surface area contributed by atoms with E-state index in [0.717, 1.165) is 12.1 Å². The van der Waals surface area contributed by atoms with Crippen LogP contribution in [-0.4, -0.2) is 10.9 Å². The normalized spacial score (nSPS) is 9.64. The van der Waals surface area contributed by atoms with Gasteiger partial charge in [-0.05, 0) is 25.1 Å². The van der Waals surface area contributed by atoms with Crippen LogP contribution < -0.4 is 0 Å². The van der Waals surface area contributed by atoms with Gasteiger partial charge < -0.3 is 5.11 Å². The van der Waals surface area contributed by atoms with Crippen molar-refractivity contribution < 1.29 is 14.3 Å². The summed E-state index contributed by atoms with van der Waals surface area (Å²) in [7, 11) is 0. The van der Waals surface area contributed by atoms with Gasteiger partial charge in [-0.1, -0.05) is 0 Å². The largest absolute Gasteiger partial charge is 0.508 e. The van der Waals surface area contributed by atoms with Gasteiger partial charge >= 0.3 is 0 Å². The average Bonchev–Trinajstić information content (AvgIpc) is 1.94. The summed E-state index contributed by atoms with van der Waals surface area (Å²) < 4.78 is 12.7. The molecule has 1 aromatic carbocycles. The Kier molecular flexibility index (Phi) is 1.89. The highest BCUT2D eigenvalue weighted by atomic mass is 19.1. The van der Waals surface area contributed by atoms with Crippen molar-refractivity contribution in [2.24, 2.45) is 0 Å². The summed E-state index contributed by atoms with van der Waals surface area (Å²) in [6.45, 7) is 1.25. The number of hydrogen-bond donors (Lipinski definition) is 1. The number of halogens is 1. The summed E-state index contributed by atoms with van der Waals surface area (Å²) in [5.74, 6) is -1.09. The highest BCUT2D eigenvalue weighted by Crippen LogP contribution is 2.15. The van der Waals surface area contributed by atoms with Gasteiger partial charge in [0.1, 0.15) is 11.6 Å². The summed E-state index contributed by atoms with van der Waals surface area (Å²) in [5.41, 5.74) is -0.0787. The molecule has 0 saturated carbocycles. The van der Waals surface area contributed by atoms with Gasteiger partial charge in [-0.25, -0.2) is 4.39 Å². The molecule has 1 aromatic rings. The molecule has 0 saturated heterocycles. The van der Waals surface area contributed by atoms with Crippen LogP contribution >= 0.6 is 0 Å². The molecule has 0 aliphatic heterocycles. The monoisotopic (exact) mass is 154 g/mol. The van der Waals surface area contributed by atoms with Crippen molar-refractivity contribution in [2.45, 2.75) is 6.92 Å². The third kappa shape index (κ3) is 1.55. The average molecular weight is 154 g/mol. The Morgan fingerprint density at radius 2 is 2.18 bits per heavy atom. The van der Waals surface area contributed by atoms with Crippen molar-refractivity contribution in [3.05, 3.63) is 29.6 Å². The van der Waals surface area contributed by atoms with Gasteiger partial charge in [0.25, 0.3) is 0 Å². The van der Waals surface area contributed by atoms with Gasteiger partial charge in [-0.15, -0.1) is 0 Å². The number of hydrogen-bond acceptors (Lipinski definition) is 2. The van der Waals surface area contributed by atoms with Crippen LogP contribution in [0.4, 0.5) is 4.39 Å². The summed E-state index contributed by atoms with van der Waals surface area (Å²) in [6.07, 6.45) is 0. The Labute approximate surface area is 63.3 Å². The second kappa shape index (κ2) is 2.70. The van der Waals surface area contributed by atoms with Crippen molar-refractivity contribution in [1.82, 2.24) is 0 Å². The fourth-order valence-corrected chi connectivity index (χ4v) is 0.783. The molecule has 0 unspecified atom stereocenters. The Bertz CT molecular complexity index is 294. The van der Waals surface area contributed by atoms with Crippen LogP contribution in [0.3, 0.4) is 0 Å². The lowest BCUT2D eigenvalue weighted by Gasteiger charge is -1.97. The molecule has 0 aliphatic carbocycles. The van der Waals surface area contributed by atoms with E-state index in [-0.39, 0.29) is 11.3 Å². The molecule has 0 bridgehead atoms. The molecule has 0 atom stereocenters. The first-order valence-electron chi connectivity index (χ1n) is 3.10. The van der Waals surface area contributed by atoms with Crippen molar-refractivity contribution in [1.29, 1.82) is 0 Å². The number of Topliss-reactive ketones (excluding diaryl/α,β-unsaturated/α-hetero) is 1. The second-order valence-electron chi connectivity index (χ2n) is 2.22. The van der Waals surface area contributed by atoms with Gasteiger partial charge in [0.05, 0.1) is 5.56 Å². The van der Waals surface area contributed by atoms with Crippen molar-refractivity contribution in [3.63, 3.8) is 0 Å². The van der Waals surface area contributed by atoms with Crippen molar-refractivity contribution in [3.8, 4) is 5.75 Å². The van der Waals surface area contributed by atoms with E-state index in [0.29, 0.717) is 0 Å². The first kappa shape index (κ1) is 7.72. The number of carbonyl (C=O) groups excluding carboxylic acids is 1. The molecule has 11 heavy (non-hydrogen) atoms. The fraction of sp³-hybridized carbons (Fsp3) is 0.125. The lowest BCUT2D eigenvalue weighted by atomic mass is 10.1. The molecule has 58 valence electrons. The quantitative estimate of drug-likeness (QED) is 0.625. The molecule has 0 heterocycles. The summed E-state index contributed by atoms with van der Waals surface area (Å²) in [4.78, 5) is 10.7. The predicted molar refractivity (Wildman–Crippen MR) is 38.1 cm³/mol. The molecule has 2 nitrogen and oxygen atoms in total. The van der Waals surface area contributed by atoms with Crippen LogP contribution in [0.2, 0.25) is 0 Å². The molecule has 0 amide bonds. The summed E-state index contributed by atoms with van der Waals surface area (Å²) >= 11 is 0. The lowest BCUT2D eigenvalue weighted by molar-refractivity contribution is 0.101. The number of carbonyl (C=O) groups is 1. The molecule has 1 rings (SSSR count). The molecule has 0 spiro atoms. The number of phenolic OH excluding ortho intramolecular Hbond substituents is 1. The van der Waals surface area contributed by atoms with Gasteiger partial charge in [-0.2, -0.15) is 0 Å². The number of ketones is 1. The molecule has 0 aliphatic rings. The highest BCUT2D eigenvalue weighted by Gasteiger charge is 2.06. The van der Waals surface area contributed by atoms with Gasteiger partial charge in [-0.3, -0.25) is 4.79 Å². The minimum atomic E-state index is -0.602. The highest BCUT2D eigenvalue weighted by molar-refractivity contribution is 5.94. The fourth-order valence-electron chi connectivity index (χ4n) is 0.783. The second-order valence-corrected chi connectivity index (χ2v) is 2.22. The lowest BCUT2D eigenvalue weighted by Crippen LogP contribution is -1.95. The van der Waals surface area contributed by atoms with Gasteiger partial charge in [0.15, 0.2) is 5.78 Å². The van der Waals surface area contributed by atoms with E-state index in [1.54, 1.807) is 0 Å². The Morgan fingerprint density at radius 1 is 1.55 bits per heavy atom. The van der Waals surface area contributed by atoms with E-state index in [9.17, 15) is 9.18 Å². The van der Waals surface area contributed by atoms with E-state index in [1.807, 2.05) is 0 Å². The maximum atomic E-state index is 12.7. The molecular weight excluding hydrogens is 147 g/mol. The third-order valence-electron chi connectivity index (χ3n) is 1.33. The zero-order valence-electron chi connectivity index (χ0n) is 5.97. The number of aromatic hydroxyl groups is 1. The maximum absolute atomic E-state index is 12.7. The minimum Gasteiger partial charge on any atom is -0.508 e. The van der Waals surface area contributed by atoms with E-state index in [2.05, 4.69) is 0 Å². The van der Waals surface area contributed by atoms with Crippen molar-refractivity contribution in [2.75, 3.05) is 0 Å². The van der Waals surface area contributed by atoms with Crippen LogP contribution in [0.5, 0.6) is 5.75 Å². The topological polar surface area (TPSA) is 37.3 Å². The van der Waals surface area contributed by atoms with Crippen LogP contribution in [0.25, 0.3) is 0 Å². The maximum Gasteiger partial charge on any atom is 0.162 e. The van der Waals surface area contributed by atoms with Crippen LogP contribution in [0, 0.1) is 5.82 Å². The third-order valence-corrected chi connectivity index (χ3v) is 1.33. The Balaban J connectivity index is 3.23. The number of benzene rings is 1. The van der Waals surface area contributed by atoms with E-state index in [4.69, 9.17) is 5.11 Å². The van der Waals surface area contributed by atoms with Crippen LogP contribution in [0.1, 0.15) is 17.3 Å². The Hall–Kier alpha value is -1.38. The number of rotatable bonds is 1. The van der Waals surface area contributed by atoms with Gasteiger partial charge in [0, 0.05) is 0 Å². The number of phenols is 1. The molecule has 1 N–H and O–H groups in total. The summed E-state index contributed by atoms with van der Waals surface area (Å²) in [6, 6.07) is 3.37. The first-order valence-corrected chi connectivity index (χ1v) is 3.10. The SMILES string of the molecule is CC(=O)c1cc(O)ccc1F. The first-order chi connectivity index (χ1) is 5.11. The molecule has 0 aromatic heterocycles. The molecular formula is C8H7FO2. The molecule has 0 radical (unpaired) electrons. The molecule has 0 fully saturated rings. The van der Waals surface area contributed by atoms with Gasteiger partial charge in [0.2, 0.25) is 0 Å². The van der Waals surface area contributed by atoms with Crippen LogP contribution in [-0.2, 0) is 0 Å². The zero-order valence-corrected chi connectivity index (χ0v) is 5.97. The van der Waals surface area contributed by atoms with Crippen LogP contribution in [0.15, 0.2) is 18.2 Å². The standard InChI is InChI=1S/C8H7FO2/c1-5(10)7-4-6(11)2-3-8(7)9/h2-4,11H,1H3. The zero-order chi connectivity index (χ0) is 8.43. The summed E-state index contributed by atoms with van der Waals surface area (Å²) in [5, 5.41) is 8.87. The minimum absolute atomic E-state index is 0.0787. The van der Waals surface area contributed by atoms with Crippen molar-refractivity contribution >= 4 is 5.78 Å². The Morgan fingerprint density at radius 3 is 2.64 bits per heavy atom. The van der Waals surface area contributed by atoms with E-state index < -0.39 is 11.6 Å². The molecule has 3 heteroatoms. The van der Waals surface area contributed by atoms with E-state index >= 15 is 0 Å². The van der Waals surface area contributed by atoms with E-state index in [1.165, 1.54) is 13.0 Å². The predicted octanol–water partition coefficient (Wildman–Crippen LogP) is 1.73. The smallest absolute Gasteiger partial charge is 0.162 e.